The fourth-order valence-electron chi connectivity index (χ4n) is 2.81. The standard InChI is InChI=1S/C17H25ClN4O2.ClH/c18-15-5-3-13(4-6-15)10-21-16(23)12-22-9-1-2-14(11-22)17(24)20-8-7-19;/h3-6,14H,1-2,7-12,19H2,(H,20,24)(H,21,23);1H. The Morgan fingerprint density at radius 1 is 1.24 bits per heavy atom. The Kier molecular flexibility index (Phi) is 9.82. The third-order valence-electron chi connectivity index (χ3n) is 4.09. The molecule has 0 aliphatic carbocycles. The Morgan fingerprint density at radius 2 is 1.96 bits per heavy atom. The summed E-state index contributed by atoms with van der Waals surface area (Å²) in [6.45, 7) is 3.19. The average Bonchev–Trinajstić information content (AvgIpc) is 2.59. The van der Waals surface area contributed by atoms with E-state index in [-0.39, 0.29) is 30.1 Å². The van der Waals surface area contributed by atoms with Crippen molar-refractivity contribution in [1.29, 1.82) is 0 Å². The quantitative estimate of drug-likeness (QED) is 0.653. The molecule has 1 atom stereocenters. The van der Waals surface area contributed by atoms with Gasteiger partial charge in [-0.2, -0.15) is 0 Å². The van der Waals surface area contributed by atoms with Crippen LogP contribution in [0.3, 0.4) is 0 Å². The van der Waals surface area contributed by atoms with Crippen molar-refractivity contribution in [3.8, 4) is 0 Å². The van der Waals surface area contributed by atoms with Crippen LogP contribution >= 0.6 is 24.0 Å². The molecule has 1 saturated heterocycles. The number of amides is 2. The van der Waals surface area contributed by atoms with Crippen LogP contribution in [0.25, 0.3) is 0 Å². The van der Waals surface area contributed by atoms with Crippen LogP contribution in [-0.2, 0) is 16.1 Å². The second kappa shape index (κ2) is 11.3. The number of hydrogen-bond donors (Lipinski definition) is 3. The minimum atomic E-state index is -0.0608. The predicted octanol–water partition coefficient (Wildman–Crippen LogP) is 1.16. The normalized spacial score (nSPS) is 17.4. The number of hydrogen-bond acceptors (Lipinski definition) is 4. The predicted molar refractivity (Wildman–Crippen MR) is 102 cm³/mol. The second-order valence-corrected chi connectivity index (χ2v) is 6.49. The highest BCUT2D eigenvalue weighted by atomic mass is 35.5. The first-order valence-electron chi connectivity index (χ1n) is 8.29. The van der Waals surface area contributed by atoms with Crippen LogP contribution in [0.2, 0.25) is 5.02 Å². The monoisotopic (exact) mass is 388 g/mol. The zero-order chi connectivity index (χ0) is 17.4. The number of likely N-dealkylation sites (tertiary alicyclic amines) is 1. The van der Waals surface area contributed by atoms with Gasteiger partial charge in [0, 0.05) is 31.2 Å². The van der Waals surface area contributed by atoms with E-state index in [1.165, 1.54) is 0 Å². The van der Waals surface area contributed by atoms with E-state index in [2.05, 4.69) is 10.6 Å². The molecule has 2 amide bonds. The number of nitrogens with zero attached hydrogens (tertiary/aromatic N) is 1. The van der Waals surface area contributed by atoms with Gasteiger partial charge in [-0.05, 0) is 37.1 Å². The third kappa shape index (κ3) is 7.61. The smallest absolute Gasteiger partial charge is 0.234 e. The molecular weight excluding hydrogens is 363 g/mol. The van der Waals surface area contributed by atoms with Crippen molar-refractivity contribution in [2.75, 3.05) is 32.7 Å². The van der Waals surface area contributed by atoms with E-state index in [9.17, 15) is 9.59 Å². The summed E-state index contributed by atoms with van der Waals surface area (Å²) in [5.74, 6) is -0.0611. The molecule has 0 saturated carbocycles. The SMILES string of the molecule is Cl.NCCNC(=O)C1CCCN(CC(=O)NCc2ccc(Cl)cc2)C1. The van der Waals surface area contributed by atoms with E-state index in [0.29, 0.717) is 37.7 Å². The Hall–Kier alpha value is -1.34. The molecule has 25 heavy (non-hydrogen) atoms. The number of carbonyl (C=O) groups is 2. The van der Waals surface area contributed by atoms with E-state index >= 15 is 0 Å². The number of halogens is 2. The molecule has 8 heteroatoms. The van der Waals surface area contributed by atoms with Gasteiger partial charge in [-0.15, -0.1) is 12.4 Å². The fourth-order valence-corrected chi connectivity index (χ4v) is 2.94. The third-order valence-corrected chi connectivity index (χ3v) is 4.34. The summed E-state index contributed by atoms with van der Waals surface area (Å²) >= 11 is 5.84. The van der Waals surface area contributed by atoms with Gasteiger partial charge in [0.1, 0.15) is 0 Å². The van der Waals surface area contributed by atoms with Gasteiger partial charge in [-0.25, -0.2) is 0 Å². The average molecular weight is 389 g/mol. The van der Waals surface area contributed by atoms with Crippen molar-refractivity contribution < 1.29 is 9.59 Å². The minimum absolute atomic E-state index is 0. The first-order chi connectivity index (χ1) is 11.6. The van der Waals surface area contributed by atoms with Gasteiger partial charge < -0.3 is 16.4 Å². The van der Waals surface area contributed by atoms with E-state index in [1.807, 2.05) is 17.0 Å². The van der Waals surface area contributed by atoms with Gasteiger partial charge in [-0.1, -0.05) is 23.7 Å². The number of rotatable bonds is 7. The number of nitrogens with two attached hydrogens (primary N) is 1. The van der Waals surface area contributed by atoms with Gasteiger partial charge in [0.2, 0.25) is 11.8 Å². The van der Waals surface area contributed by atoms with Crippen molar-refractivity contribution in [3.63, 3.8) is 0 Å². The highest BCUT2D eigenvalue weighted by molar-refractivity contribution is 6.30. The maximum atomic E-state index is 12.1. The fraction of sp³-hybridized carbons (Fsp3) is 0.529. The van der Waals surface area contributed by atoms with Gasteiger partial charge in [0.15, 0.2) is 0 Å². The van der Waals surface area contributed by atoms with E-state index < -0.39 is 0 Å². The maximum Gasteiger partial charge on any atom is 0.234 e. The lowest BCUT2D eigenvalue weighted by molar-refractivity contribution is -0.128. The molecule has 0 bridgehead atoms. The van der Waals surface area contributed by atoms with E-state index in [0.717, 1.165) is 24.9 Å². The Labute approximate surface area is 159 Å². The summed E-state index contributed by atoms with van der Waals surface area (Å²) in [5, 5.41) is 6.41. The molecule has 0 aromatic heterocycles. The number of carbonyl (C=O) groups excluding carboxylic acids is 2. The molecule has 1 aliphatic heterocycles. The van der Waals surface area contributed by atoms with Crippen molar-refractivity contribution >= 4 is 35.8 Å². The van der Waals surface area contributed by atoms with Crippen LogP contribution in [0.5, 0.6) is 0 Å². The van der Waals surface area contributed by atoms with Crippen LogP contribution < -0.4 is 16.4 Å². The molecule has 1 unspecified atom stereocenters. The zero-order valence-electron chi connectivity index (χ0n) is 14.2. The highest BCUT2D eigenvalue weighted by Crippen LogP contribution is 2.16. The summed E-state index contributed by atoms with van der Waals surface area (Å²) < 4.78 is 0. The minimum Gasteiger partial charge on any atom is -0.355 e. The van der Waals surface area contributed by atoms with Crippen LogP contribution in [0.4, 0.5) is 0 Å². The number of benzene rings is 1. The summed E-state index contributed by atoms with van der Waals surface area (Å²) in [6, 6.07) is 7.39. The Balaban J connectivity index is 0.00000312. The lowest BCUT2D eigenvalue weighted by Crippen LogP contribution is -2.47. The first kappa shape index (κ1) is 21.7. The summed E-state index contributed by atoms with van der Waals surface area (Å²) in [6.07, 6.45) is 1.78. The van der Waals surface area contributed by atoms with Crippen LogP contribution in [-0.4, -0.2) is 49.4 Å². The zero-order valence-corrected chi connectivity index (χ0v) is 15.7. The first-order valence-corrected chi connectivity index (χ1v) is 8.67. The topological polar surface area (TPSA) is 87.5 Å². The number of nitrogens with one attached hydrogen (secondary N) is 2. The van der Waals surface area contributed by atoms with Crippen molar-refractivity contribution in [2.45, 2.75) is 19.4 Å². The molecule has 6 nitrogen and oxygen atoms in total. The molecule has 140 valence electrons. The lowest BCUT2D eigenvalue weighted by atomic mass is 9.97. The largest absolute Gasteiger partial charge is 0.355 e. The maximum absolute atomic E-state index is 12.1. The van der Waals surface area contributed by atoms with E-state index in [1.54, 1.807) is 12.1 Å². The Bertz CT molecular complexity index is 554. The van der Waals surface area contributed by atoms with Gasteiger partial charge in [-0.3, -0.25) is 14.5 Å². The number of piperidine rings is 1. The summed E-state index contributed by atoms with van der Waals surface area (Å²) in [7, 11) is 0. The molecule has 1 aliphatic rings. The van der Waals surface area contributed by atoms with Gasteiger partial charge >= 0.3 is 0 Å². The lowest BCUT2D eigenvalue weighted by Gasteiger charge is -2.31. The van der Waals surface area contributed by atoms with Gasteiger partial charge in [0.05, 0.1) is 12.5 Å². The van der Waals surface area contributed by atoms with Crippen molar-refractivity contribution in [1.82, 2.24) is 15.5 Å². The molecule has 1 heterocycles. The van der Waals surface area contributed by atoms with Crippen molar-refractivity contribution in [3.05, 3.63) is 34.9 Å². The molecule has 4 N–H and O–H groups in total. The summed E-state index contributed by atoms with van der Waals surface area (Å²) in [5.41, 5.74) is 6.41. The molecule has 1 fully saturated rings. The van der Waals surface area contributed by atoms with Gasteiger partial charge in [0.25, 0.3) is 0 Å². The molecule has 0 radical (unpaired) electrons. The molecule has 1 aromatic rings. The van der Waals surface area contributed by atoms with E-state index in [4.69, 9.17) is 17.3 Å². The van der Waals surface area contributed by atoms with Crippen LogP contribution in [0, 0.1) is 5.92 Å². The Morgan fingerprint density at radius 3 is 2.64 bits per heavy atom. The van der Waals surface area contributed by atoms with Crippen LogP contribution in [0.15, 0.2) is 24.3 Å². The molecular formula is C17H26Cl2N4O2. The second-order valence-electron chi connectivity index (χ2n) is 6.06. The highest BCUT2D eigenvalue weighted by Gasteiger charge is 2.26. The molecule has 1 aromatic carbocycles. The van der Waals surface area contributed by atoms with Crippen LogP contribution in [0.1, 0.15) is 18.4 Å². The summed E-state index contributed by atoms with van der Waals surface area (Å²) in [4.78, 5) is 26.2. The molecule has 0 spiro atoms. The molecule has 2 rings (SSSR count). The van der Waals surface area contributed by atoms with Crippen molar-refractivity contribution in [2.24, 2.45) is 11.7 Å².